The Morgan fingerprint density at radius 3 is 2.38 bits per heavy atom. The van der Waals surface area contributed by atoms with Gasteiger partial charge in [-0.3, -0.25) is 4.79 Å². The van der Waals surface area contributed by atoms with Gasteiger partial charge in [-0.15, -0.1) is 0 Å². The van der Waals surface area contributed by atoms with Crippen molar-refractivity contribution in [2.45, 2.75) is 0 Å². The highest BCUT2D eigenvalue weighted by Gasteiger charge is 2.14. The Morgan fingerprint density at radius 1 is 1.04 bits per heavy atom. The van der Waals surface area contributed by atoms with Gasteiger partial charge in [-0.1, -0.05) is 54.1 Å². The van der Waals surface area contributed by atoms with Crippen LogP contribution in [-0.2, 0) is 0 Å². The van der Waals surface area contributed by atoms with Crippen LogP contribution >= 0.6 is 11.6 Å². The molecule has 5 heteroatoms. The number of methoxy groups -OCH3 is 1. The van der Waals surface area contributed by atoms with Gasteiger partial charge in [-0.2, -0.15) is 0 Å². The highest BCUT2D eigenvalue weighted by molar-refractivity contribution is 6.29. The summed E-state index contributed by atoms with van der Waals surface area (Å²) in [5.74, 6) is 0.0804. The Labute approximate surface area is 145 Å². The summed E-state index contributed by atoms with van der Waals surface area (Å²) in [7, 11) is 1.48. The van der Waals surface area contributed by atoms with Gasteiger partial charge in [0.15, 0.2) is 0 Å². The van der Waals surface area contributed by atoms with Crippen LogP contribution in [0, 0.1) is 0 Å². The Kier molecular flexibility index (Phi) is 4.77. The third-order valence-corrected chi connectivity index (χ3v) is 3.75. The van der Waals surface area contributed by atoms with E-state index in [-0.39, 0.29) is 11.1 Å². The Hall–Kier alpha value is -2.85. The first-order chi connectivity index (χ1) is 11.7. The van der Waals surface area contributed by atoms with Gasteiger partial charge in [-0.05, 0) is 23.3 Å². The number of ether oxygens (including phenoxy) is 1. The van der Waals surface area contributed by atoms with Crippen LogP contribution in [0.4, 0.5) is 5.69 Å². The van der Waals surface area contributed by atoms with E-state index in [4.69, 9.17) is 16.3 Å². The van der Waals surface area contributed by atoms with Crippen LogP contribution < -0.4 is 10.1 Å². The van der Waals surface area contributed by atoms with E-state index in [0.717, 1.165) is 11.1 Å². The topological polar surface area (TPSA) is 51.2 Å². The maximum absolute atomic E-state index is 12.4. The number of carbonyl (C=O) groups is 1. The van der Waals surface area contributed by atoms with Crippen LogP contribution in [0.25, 0.3) is 11.1 Å². The van der Waals surface area contributed by atoms with Crippen molar-refractivity contribution in [1.29, 1.82) is 0 Å². The number of anilines is 1. The second kappa shape index (κ2) is 7.15. The van der Waals surface area contributed by atoms with Crippen molar-refractivity contribution < 1.29 is 9.53 Å². The van der Waals surface area contributed by atoms with E-state index in [1.165, 1.54) is 19.4 Å². The van der Waals surface area contributed by atoms with Gasteiger partial charge < -0.3 is 10.1 Å². The largest absolute Gasteiger partial charge is 0.496 e. The first-order valence-corrected chi connectivity index (χ1v) is 7.71. The quantitative estimate of drug-likeness (QED) is 0.704. The number of aromatic nitrogens is 1. The van der Waals surface area contributed by atoms with Gasteiger partial charge in [0, 0.05) is 18.0 Å². The first kappa shape index (κ1) is 16.0. The fourth-order valence-electron chi connectivity index (χ4n) is 2.33. The third kappa shape index (κ3) is 3.55. The molecule has 3 rings (SSSR count). The van der Waals surface area contributed by atoms with Crippen molar-refractivity contribution in [3.05, 3.63) is 77.6 Å². The van der Waals surface area contributed by atoms with Crippen LogP contribution in [0.2, 0.25) is 5.15 Å². The van der Waals surface area contributed by atoms with Crippen molar-refractivity contribution in [3.63, 3.8) is 0 Å². The smallest absolute Gasteiger partial charge is 0.261 e. The van der Waals surface area contributed by atoms with E-state index >= 15 is 0 Å². The van der Waals surface area contributed by atoms with E-state index in [1.807, 2.05) is 54.6 Å². The molecule has 0 aliphatic rings. The lowest BCUT2D eigenvalue weighted by atomic mass is 10.1. The summed E-state index contributed by atoms with van der Waals surface area (Å²) in [6.45, 7) is 0. The minimum atomic E-state index is -0.302. The van der Waals surface area contributed by atoms with E-state index < -0.39 is 0 Å². The fraction of sp³-hybridized carbons (Fsp3) is 0.0526. The molecule has 0 aliphatic carbocycles. The molecular formula is C19H15ClN2O2. The molecule has 0 spiro atoms. The first-order valence-electron chi connectivity index (χ1n) is 7.34. The van der Waals surface area contributed by atoms with Crippen molar-refractivity contribution in [1.82, 2.24) is 4.98 Å². The molecule has 0 radical (unpaired) electrons. The highest BCUT2D eigenvalue weighted by atomic mass is 35.5. The summed E-state index contributed by atoms with van der Waals surface area (Å²) in [5, 5.41) is 3.10. The molecule has 1 aromatic heterocycles. The SMILES string of the molecule is COc1cc(Cl)ncc1C(=O)Nc1ccc(-c2ccccc2)cc1. The van der Waals surface area contributed by atoms with Gasteiger partial charge in [0.1, 0.15) is 16.5 Å². The number of nitrogens with one attached hydrogen (secondary N) is 1. The van der Waals surface area contributed by atoms with Crippen molar-refractivity contribution >= 4 is 23.2 Å². The molecule has 0 aliphatic heterocycles. The summed E-state index contributed by atoms with van der Waals surface area (Å²) in [6.07, 6.45) is 1.40. The fourth-order valence-corrected chi connectivity index (χ4v) is 2.48. The zero-order chi connectivity index (χ0) is 16.9. The molecule has 0 atom stereocenters. The molecule has 2 aromatic carbocycles. The number of nitrogens with zero attached hydrogens (tertiary/aromatic N) is 1. The summed E-state index contributed by atoms with van der Waals surface area (Å²) in [5.41, 5.74) is 3.23. The summed E-state index contributed by atoms with van der Waals surface area (Å²) in [6, 6.07) is 19.2. The van der Waals surface area contributed by atoms with Gasteiger partial charge in [-0.25, -0.2) is 4.98 Å². The molecule has 24 heavy (non-hydrogen) atoms. The Bertz CT molecular complexity index is 849. The third-order valence-electron chi connectivity index (χ3n) is 3.55. The van der Waals surface area contributed by atoms with Gasteiger partial charge in [0.25, 0.3) is 5.91 Å². The average molecular weight is 339 g/mol. The molecule has 0 fully saturated rings. The molecule has 1 N–H and O–H groups in total. The second-order valence-electron chi connectivity index (χ2n) is 5.10. The molecule has 4 nitrogen and oxygen atoms in total. The highest BCUT2D eigenvalue weighted by Crippen LogP contribution is 2.24. The molecule has 1 heterocycles. The minimum Gasteiger partial charge on any atom is -0.496 e. The van der Waals surface area contributed by atoms with Crippen LogP contribution in [0.1, 0.15) is 10.4 Å². The molecule has 1 amide bonds. The van der Waals surface area contributed by atoms with E-state index in [0.29, 0.717) is 17.0 Å². The number of hydrogen-bond acceptors (Lipinski definition) is 3. The molecule has 0 unspecified atom stereocenters. The zero-order valence-corrected chi connectivity index (χ0v) is 13.7. The van der Waals surface area contributed by atoms with Crippen LogP contribution in [0.15, 0.2) is 66.9 Å². The Morgan fingerprint density at radius 2 is 1.71 bits per heavy atom. The van der Waals surface area contributed by atoms with Gasteiger partial charge >= 0.3 is 0 Å². The molecule has 0 saturated heterocycles. The lowest BCUT2D eigenvalue weighted by molar-refractivity contribution is 0.102. The van der Waals surface area contributed by atoms with Crippen LogP contribution in [-0.4, -0.2) is 18.0 Å². The average Bonchev–Trinajstić information content (AvgIpc) is 2.63. The van der Waals surface area contributed by atoms with Crippen LogP contribution in [0.5, 0.6) is 5.75 Å². The number of carbonyl (C=O) groups excluding carboxylic acids is 1. The molecule has 3 aromatic rings. The summed E-state index contributed by atoms with van der Waals surface area (Å²) >= 11 is 5.81. The van der Waals surface area contributed by atoms with Crippen molar-refractivity contribution in [2.75, 3.05) is 12.4 Å². The zero-order valence-electron chi connectivity index (χ0n) is 13.0. The van der Waals surface area contributed by atoms with Crippen molar-refractivity contribution in [3.8, 4) is 16.9 Å². The minimum absolute atomic E-state index is 0.274. The predicted octanol–water partition coefficient (Wildman–Crippen LogP) is 4.66. The van der Waals surface area contributed by atoms with E-state index in [9.17, 15) is 4.79 Å². The predicted molar refractivity (Wildman–Crippen MR) is 95.6 cm³/mol. The van der Waals surface area contributed by atoms with Crippen LogP contribution in [0.3, 0.4) is 0 Å². The number of halogens is 1. The summed E-state index contributed by atoms with van der Waals surface area (Å²) in [4.78, 5) is 16.3. The lowest BCUT2D eigenvalue weighted by Crippen LogP contribution is -2.13. The maximum atomic E-state index is 12.4. The van der Waals surface area contributed by atoms with Crippen molar-refractivity contribution in [2.24, 2.45) is 0 Å². The van der Waals surface area contributed by atoms with E-state index in [1.54, 1.807) is 0 Å². The second-order valence-corrected chi connectivity index (χ2v) is 5.49. The Balaban J connectivity index is 1.78. The van der Waals surface area contributed by atoms with E-state index in [2.05, 4.69) is 10.3 Å². The monoisotopic (exact) mass is 338 g/mol. The number of amides is 1. The molecule has 120 valence electrons. The molecular weight excluding hydrogens is 324 g/mol. The molecule has 0 bridgehead atoms. The maximum Gasteiger partial charge on any atom is 0.261 e. The normalized spacial score (nSPS) is 10.2. The molecule has 0 saturated carbocycles. The number of pyridine rings is 1. The lowest BCUT2D eigenvalue weighted by Gasteiger charge is -2.10. The number of hydrogen-bond donors (Lipinski definition) is 1. The standard InChI is InChI=1S/C19H15ClN2O2/c1-24-17-11-18(20)21-12-16(17)19(23)22-15-9-7-14(8-10-15)13-5-3-2-4-6-13/h2-12H,1H3,(H,22,23). The van der Waals surface area contributed by atoms with Gasteiger partial charge in [0.2, 0.25) is 0 Å². The number of benzene rings is 2. The number of rotatable bonds is 4. The van der Waals surface area contributed by atoms with Gasteiger partial charge in [0.05, 0.1) is 7.11 Å². The summed E-state index contributed by atoms with van der Waals surface area (Å²) < 4.78 is 5.18.